The molecule has 0 aromatic carbocycles. The van der Waals surface area contributed by atoms with Crippen LogP contribution in [-0.2, 0) is 6.42 Å². The minimum absolute atomic E-state index is 0.681. The van der Waals surface area contributed by atoms with E-state index in [9.17, 15) is 0 Å². The molecule has 0 saturated heterocycles. The van der Waals surface area contributed by atoms with Crippen molar-refractivity contribution < 1.29 is 0 Å². The summed E-state index contributed by atoms with van der Waals surface area (Å²) in [5.74, 6) is 0.681. The fourth-order valence-electron chi connectivity index (χ4n) is 1.42. The first kappa shape index (κ1) is 8.87. The van der Waals surface area contributed by atoms with E-state index >= 15 is 0 Å². The van der Waals surface area contributed by atoms with E-state index in [0.717, 1.165) is 23.4 Å². The molecule has 0 aliphatic heterocycles. The molecule has 0 spiro atoms. The van der Waals surface area contributed by atoms with Crippen LogP contribution in [0.2, 0.25) is 0 Å². The highest BCUT2D eigenvalue weighted by Crippen LogP contribution is 2.18. The largest absolute Gasteiger partial charge is 0.282 e. The lowest BCUT2D eigenvalue weighted by Crippen LogP contribution is -1.89. The summed E-state index contributed by atoms with van der Waals surface area (Å²) < 4.78 is 0. The standard InChI is InChI=1S/C10H12N4/c1-3-8-7(2)9(14-13-8)10-11-5-4-6-12-10/h4-6H,3H2,1-2H3,(H,13,14). The van der Waals surface area contributed by atoms with Gasteiger partial charge in [-0.15, -0.1) is 0 Å². The number of nitrogens with zero attached hydrogens (tertiary/aromatic N) is 3. The molecular formula is C10H12N4. The van der Waals surface area contributed by atoms with Gasteiger partial charge in [-0.3, -0.25) is 5.10 Å². The third-order valence-corrected chi connectivity index (χ3v) is 2.24. The van der Waals surface area contributed by atoms with Crippen molar-refractivity contribution in [2.45, 2.75) is 20.3 Å². The van der Waals surface area contributed by atoms with Crippen molar-refractivity contribution in [3.63, 3.8) is 0 Å². The van der Waals surface area contributed by atoms with E-state index in [4.69, 9.17) is 0 Å². The quantitative estimate of drug-likeness (QED) is 0.781. The summed E-state index contributed by atoms with van der Waals surface area (Å²) in [6.07, 6.45) is 4.40. The van der Waals surface area contributed by atoms with Crippen LogP contribution < -0.4 is 0 Å². The monoisotopic (exact) mass is 188 g/mol. The van der Waals surface area contributed by atoms with Crippen molar-refractivity contribution in [3.8, 4) is 11.5 Å². The second kappa shape index (κ2) is 3.57. The van der Waals surface area contributed by atoms with E-state index < -0.39 is 0 Å². The van der Waals surface area contributed by atoms with Crippen LogP contribution in [0.15, 0.2) is 18.5 Å². The van der Waals surface area contributed by atoms with Crippen LogP contribution >= 0.6 is 0 Å². The maximum absolute atomic E-state index is 4.21. The van der Waals surface area contributed by atoms with Gasteiger partial charge in [0.05, 0.1) is 0 Å². The van der Waals surface area contributed by atoms with Gasteiger partial charge in [0.1, 0.15) is 5.69 Å². The van der Waals surface area contributed by atoms with Gasteiger partial charge in [-0.1, -0.05) is 6.92 Å². The van der Waals surface area contributed by atoms with Gasteiger partial charge in [0, 0.05) is 23.7 Å². The highest BCUT2D eigenvalue weighted by atomic mass is 15.1. The Hall–Kier alpha value is -1.71. The Labute approximate surface area is 82.4 Å². The van der Waals surface area contributed by atoms with Crippen LogP contribution in [0, 0.1) is 6.92 Å². The Morgan fingerprint density at radius 2 is 2.00 bits per heavy atom. The zero-order valence-corrected chi connectivity index (χ0v) is 8.28. The van der Waals surface area contributed by atoms with Gasteiger partial charge in [0.2, 0.25) is 0 Å². The number of nitrogens with one attached hydrogen (secondary N) is 1. The predicted molar refractivity (Wildman–Crippen MR) is 53.7 cm³/mol. The Balaban J connectivity index is 2.48. The predicted octanol–water partition coefficient (Wildman–Crippen LogP) is 1.74. The lowest BCUT2D eigenvalue weighted by molar-refractivity contribution is 0.967. The third-order valence-electron chi connectivity index (χ3n) is 2.24. The lowest BCUT2D eigenvalue weighted by Gasteiger charge is -1.95. The normalized spacial score (nSPS) is 10.4. The SMILES string of the molecule is CCc1[nH]nc(-c2ncccn2)c1C. The Morgan fingerprint density at radius 3 is 2.57 bits per heavy atom. The van der Waals surface area contributed by atoms with Gasteiger partial charge in [-0.25, -0.2) is 9.97 Å². The van der Waals surface area contributed by atoms with Gasteiger partial charge in [-0.2, -0.15) is 5.10 Å². The Kier molecular flexibility index (Phi) is 2.26. The van der Waals surface area contributed by atoms with E-state index in [2.05, 4.69) is 27.1 Å². The molecule has 4 heteroatoms. The molecule has 2 rings (SSSR count). The molecule has 0 bridgehead atoms. The number of rotatable bonds is 2. The molecular weight excluding hydrogens is 176 g/mol. The van der Waals surface area contributed by atoms with Crippen molar-refractivity contribution in [3.05, 3.63) is 29.7 Å². The fourth-order valence-corrected chi connectivity index (χ4v) is 1.42. The fraction of sp³-hybridized carbons (Fsp3) is 0.300. The Bertz CT molecular complexity index is 419. The van der Waals surface area contributed by atoms with Crippen LogP contribution in [0.1, 0.15) is 18.2 Å². The van der Waals surface area contributed by atoms with Crippen molar-refractivity contribution in [2.24, 2.45) is 0 Å². The highest BCUT2D eigenvalue weighted by Gasteiger charge is 2.10. The topological polar surface area (TPSA) is 54.5 Å². The summed E-state index contributed by atoms with van der Waals surface area (Å²) in [5.41, 5.74) is 3.13. The molecule has 0 unspecified atom stereocenters. The number of aromatic nitrogens is 4. The Morgan fingerprint density at radius 1 is 1.29 bits per heavy atom. The van der Waals surface area contributed by atoms with E-state index in [1.165, 1.54) is 0 Å². The van der Waals surface area contributed by atoms with Crippen LogP contribution in [-0.4, -0.2) is 20.2 Å². The van der Waals surface area contributed by atoms with Gasteiger partial charge in [-0.05, 0) is 19.4 Å². The highest BCUT2D eigenvalue weighted by molar-refractivity contribution is 5.55. The molecule has 0 fully saturated rings. The second-order valence-electron chi connectivity index (χ2n) is 3.10. The first-order chi connectivity index (χ1) is 6.83. The maximum atomic E-state index is 4.21. The zero-order valence-electron chi connectivity index (χ0n) is 8.28. The molecule has 1 N–H and O–H groups in total. The van der Waals surface area contributed by atoms with Crippen LogP contribution in [0.25, 0.3) is 11.5 Å². The zero-order chi connectivity index (χ0) is 9.97. The van der Waals surface area contributed by atoms with Crippen LogP contribution in [0.3, 0.4) is 0 Å². The number of hydrogen-bond donors (Lipinski definition) is 1. The van der Waals surface area contributed by atoms with Crippen LogP contribution in [0.5, 0.6) is 0 Å². The lowest BCUT2D eigenvalue weighted by atomic mass is 10.1. The summed E-state index contributed by atoms with van der Waals surface area (Å²) in [7, 11) is 0. The molecule has 72 valence electrons. The molecule has 2 aromatic heterocycles. The molecule has 2 heterocycles. The molecule has 14 heavy (non-hydrogen) atoms. The average molecular weight is 188 g/mol. The van der Waals surface area contributed by atoms with Crippen molar-refractivity contribution in [1.82, 2.24) is 20.2 Å². The number of H-pyrrole nitrogens is 1. The number of aryl methyl sites for hydroxylation is 1. The van der Waals surface area contributed by atoms with E-state index in [1.54, 1.807) is 18.5 Å². The van der Waals surface area contributed by atoms with E-state index in [-0.39, 0.29) is 0 Å². The number of aromatic amines is 1. The van der Waals surface area contributed by atoms with Crippen molar-refractivity contribution in [1.29, 1.82) is 0 Å². The summed E-state index contributed by atoms with van der Waals surface area (Å²) in [5, 5.41) is 7.20. The molecule has 4 nitrogen and oxygen atoms in total. The molecule has 0 aliphatic carbocycles. The maximum Gasteiger partial charge on any atom is 0.180 e. The summed E-state index contributed by atoms with van der Waals surface area (Å²) in [4.78, 5) is 8.33. The molecule has 0 atom stereocenters. The summed E-state index contributed by atoms with van der Waals surface area (Å²) in [6, 6.07) is 1.80. The smallest absolute Gasteiger partial charge is 0.180 e. The molecule has 0 radical (unpaired) electrons. The van der Waals surface area contributed by atoms with Gasteiger partial charge in [0.25, 0.3) is 0 Å². The average Bonchev–Trinajstić information content (AvgIpc) is 2.61. The molecule has 2 aromatic rings. The van der Waals surface area contributed by atoms with Crippen LogP contribution in [0.4, 0.5) is 0 Å². The van der Waals surface area contributed by atoms with Gasteiger partial charge >= 0.3 is 0 Å². The van der Waals surface area contributed by atoms with E-state index in [0.29, 0.717) is 5.82 Å². The summed E-state index contributed by atoms with van der Waals surface area (Å²) in [6.45, 7) is 4.13. The minimum atomic E-state index is 0.681. The molecule has 0 aliphatic rings. The molecule has 0 amide bonds. The first-order valence-electron chi connectivity index (χ1n) is 4.64. The molecule has 0 saturated carbocycles. The third kappa shape index (κ3) is 1.39. The van der Waals surface area contributed by atoms with Gasteiger partial charge < -0.3 is 0 Å². The van der Waals surface area contributed by atoms with Crippen molar-refractivity contribution in [2.75, 3.05) is 0 Å². The second-order valence-corrected chi connectivity index (χ2v) is 3.10. The number of hydrogen-bond acceptors (Lipinski definition) is 3. The first-order valence-corrected chi connectivity index (χ1v) is 4.64. The minimum Gasteiger partial charge on any atom is -0.282 e. The van der Waals surface area contributed by atoms with Gasteiger partial charge in [0.15, 0.2) is 5.82 Å². The summed E-state index contributed by atoms with van der Waals surface area (Å²) >= 11 is 0. The van der Waals surface area contributed by atoms with Crippen molar-refractivity contribution >= 4 is 0 Å². The van der Waals surface area contributed by atoms with E-state index in [1.807, 2.05) is 6.92 Å².